The maximum Gasteiger partial charge on any atom is 0.305 e. The van der Waals surface area contributed by atoms with Crippen molar-refractivity contribution in [1.82, 2.24) is 0 Å². The molecule has 0 radical (unpaired) electrons. The summed E-state index contributed by atoms with van der Waals surface area (Å²) in [6.45, 7) is 2.22. The number of allylic oxidation sites excluding steroid dienone is 2. The van der Waals surface area contributed by atoms with Gasteiger partial charge in [-0.25, -0.2) is 0 Å². The van der Waals surface area contributed by atoms with Crippen LogP contribution in [-0.2, 0) is 14.3 Å². The molecule has 0 aliphatic carbocycles. The van der Waals surface area contributed by atoms with Gasteiger partial charge in [0.1, 0.15) is 0 Å². The van der Waals surface area contributed by atoms with E-state index >= 15 is 0 Å². The molecule has 0 heterocycles. The first-order chi connectivity index (χ1) is 10.7. The number of unbranched alkanes of at least 4 members (excludes halogenated alkanes) is 9. The van der Waals surface area contributed by atoms with Crippen LogP contribution in [0.3, 0.4) is 0 Å². The van der Waals surface area contributed by atoms with E-state index in [1.807, 2.05) is 6.08 Å². The third kappa shape index (κ3) is 15.3. The summed E-state index contributed by atoms with van der Waals surface area (Å²) in [5, 5.41) is 0. The largest absolute Gasteiger partial charge is 0.469 e. The van der Waals surface area contributed by atoms with Crippen LogP contribution < -0.4 is 0 Å². The molecule has 0 bridgehead atoms. The highest BCUT2D eigenvalue weighted by Crippen LogP contribution is 2.09. The van der Waals surface area contributed by atoms with Gasteiger partial charge in [0.15, 0.2) is 5.78 Å². The van der Waals surface area contributed by atoms with Gasteiger partial charge < -0.3 is 4.74 Å². The zero-order valence-electron chi connectivity index (χ0n) is 14.6. The predicted octanol–water partition coefficient (Wildman–Crippen LogP) is 5.38. The SMILES string of the molecule is CCCCCCCCC(=O)C=CCCCCCCC(=O)OC. The van der Waals surface area contributed by atoms with Gasteiger partial charge in [-0.2, -0.15) is 0 Å². The fourth-order valence-electron chi connectivity index (χ4n) is 2.36. The molecular formula is C19H34O3. The highest BCUT2D eigenvalue weighted by molar-refractivity contribution is 5.89. The summed E-state index contributed by atoms with van der Waals surface area (Å²) < 4.78 is 4.59. The molecule has 22 heavy (non-hydrogen) atoms. The van der Waals surface area contributed by atoms with Gasteiger partial charge in [0.25, 0.3) is 0 Å². The van der Waals surface area contributed by atoms with Crippen molar-refractivity contribution in [3.8, 4) is 0 Å². The van der Waals surface area contributed by atoms with Crippen LogP contribution in [0.2, 0.25) is 0 Å². The number of ether oxygens (including phenoxy) is 1. The fourth-order valence-corrected chi connectivity index (χ4v) is 2.36. The zero-order chi connectivity index (χ0) is 16.5. The molecule has 0 aromatic rings. The van der Waals surface area contributed by atoms with Crippen molar-refractivity contribution in [3.63, 3.8) is 0 Å². The third-order valence-electron chi connectivity index (χ3n) is 3.81. The molecule has 0 aliphatic rings. The number of carbonyl (C=O) groups is 2. The van der Waals surface area contributed by atoms with Crippen LogP contribution in [-0.4, -0.2) is 18.9 Å². The van der Waals surface area contributed by atoms with E-state index in [2.05, 4.69) is 11.7 Å². The van der Waals surface area contributed by atoms with E-state index in [0.717, 1.165) is 38.5 Å². The van der Waals surface area contributed by atoms with Crippen LogP contribution in [0.15, 0.2) is 12.2 Å². The maximum absolute atomic E-state index is 11.6. The van der Waals surface area contributed by atoms with E-state index in [1.54, 1.807) is 6.08 Å². The molecule has 128 valence electrons. The standard InChI is InChI=1S/C19H34O3/c1-3-4-5-6-9-12-15-18(20)16-13-10-7-8-11-14-17-19(21)22-2/h13,16H,3-12,14-15,17H2,1-2H3. The van der Waals surface area contributed by atoms with Crippen molar-refractivity contribution < 1.29 is 14.3 Å². The molecule has 0 aromatic carbocycles. The Bertz CT molecular complexity index is 308. The summed E-state index contributed by atoms with van der Waals surface area (Å²) in [5.74, 6) is 0.140. The van der Waals surface area contributed by atoms with Crippen LogP contribution in [0.25, 0.3) is 0 Å². The van der Waals surface area contributed by atoms with E-state index in [1.165, 1.54) is 39.2 Å². The van der Waals surface area contributed by atoms with Gasteiger partial charge in [0.05, 0.1) is 7.11 Å². The molecule has 0 rings (SSSR count). The van der Waals surface area contributed by atoms with Crippen LogP contribution in [0, 0.1) is 0 Å². The number of methoxy groups -OCH3 is 1. The minimum atomic E-state index is -0.125. The van der Waals surface area contributed by atoms with Crippen molar-refractivity contribution in [2.75, 3.05) is 7.11 Å². The lowest BCUT2D eigenvalue weighted by Gasteiger charge is -2.00. The number of hydrogen-bond acceptors (Lipinski definition) is 3. The molecule has 0 amide bonds. The molecule has 0 unspecified atom stereocenters. The summed E-state index contributed by atoms with van der Waals surface area (Å²) >= 11 is 0. The Labute approximate surface area is 136 Å². The van der Waals surface area contributed by atoms with Gasteiger partial charge in [0, 0.05) is 12.8 Å². The first-order valence-corrected chi connectivity index (χ1v) is 8.97. The quantitative estimate of drug-likeness (QED) is 0.232. The number of hydrogen-bond donors (Lipinski definition) is 0. The Morgan fingerprint density at radius 2 is 1.41 bits per heavy atom. The highest BCUT2D eigenvalue weighted by atomic mass is 16.5. The summed E-state index contributed by atoms with van der Waals surface area (Å²) in [7, 11) is 1.43. The van der Waals surface area contributed by atoms with Crippen LogP contribution >= 0.6 is 0 Å². The van der Waals surface area contributed by atoms with Crippen LogP contribution in [0.1, 0.15) is 90.4 Å². The Hall–Kier alpha value is -1.12. The van der Waals surface area contributed by atoms with Crippen LogP contribution in [0.5, 0.6) is 0 Å². The molecule has 0 atom stereocenters. The third-order valence-corrected chi connectivity index (χ3v) is 3.81. The second kappa shape index (κ2) is 16.3. The molecule has 0 saturated heterocycles. The number of esters is 1. The molecule has 0 N–H and O–H groups in total. The number of carbonyl (C=O) groups excluding carboxylic acids is 2. The van der Waals surface area contributed by atoms with Gasteiger partial charge in [-0.15, -0.1) is 0 Å². The van der Waals surface area contributed by atoms with E-state index in [0.29, 0.717) is 12.8 Å². The molecule has 0 fully saturated rings. The summed E-state index contributed by atoms with van der Waals surface area (Å²) in [4.78, 5) is 22.5. The molecule has 0 saturated carbocycles. The number of rotatable bonds is 15. The second-order valence-electron chi connectivity index (χ2n) is 5.92. The summed E-state index contributed by atoms with van der Waals surface area (Å²) in [6.07, 6.45) is 17.4. The average molecular weight is 310 g/mol. The minimum Gasteiger partial charge on any atom is -0.469 e. The van der Waals surface area contributed by atoms with Crippen molar-refractivity contribution in [3.05, 3.63) is 12.2 Å². The van der Waals surface area contributed by atoms with Crippen molar-refractivity contribution in [2.45, 2.75) is 90.4 Å². The first-order valence-electron chi connectivity index (χ1n) is 8.97. The van der Waals surface area contributed by atoms with E-state index in [-0.39, 0.29) is 11.8 Å². The van der Waals surface area contributed by atoms with E-state index in [9.17, 15) is 9.59 Å². The van der Waals surface area contributed by atoms with Gasteiger partial charge in [-0.1, -0.05) is 57.9 Å². The smallest absolute Gasteiger partial charge is 0.305 e. The Balaban J connectivity index is 3.33. The topological polar surface area (TPSA) is 43.4 Å². The fraction of sp³-hybridized carbons (Fsp3) is 0.789. The maximum atomic E-state index is 11.6. The Morgan fingerprint density at radius 3 is 2.09 bits per heavy atom. The predicted molar refractivity (Wildman–Crippen MR) is 91.9 cm³/mol. The van der Waals surface area contributed by atoms with E-state index in [4.69, 9.17) is 0 Å². The van der Waals surface area contributed by atoms with E-state index < -0.39 is 0 Å². The minimum absolute atomic E-state index is 0.125. The Kier molecular flexibility index (Phi) is 15.4. The summed E-state index contributed by atoms with van der Waals surface area (Å²) in [6, 6.07) is 0. The monoisotopic (exact) mass is 310 g/mol. The lowest BCUT2D eigenvalue weighted by atomic mass is 10.1. The molecule has 0 aliphatic heterocycles. The molecule has 3 heteroatoms. The lowest BCUT2D eigenvalue weighted by Crippen LogP contribution is -1.99. The lowest BCUT2D eigenvalue weighted by molar-refractivity contribution is -0.140. The van der Waals surface area contributed by atoms with Gasteiger partial charge >= 0.3 is 5.97 Å². The first kappa shape index (κ1) is 20.9. The molecule has 0 spiro atoms. The summed E-state index contributed by atoms with van der Waals surface area (Å²) in [5.41, 5.74) is 0. The van der Waals surface area contributed by atoms with Crippen molar-refractivity contribution in [1.29, 1.82) is 0 Å². The van der Waals surface area contributed by atoms with Gasteiger partial charge in [0.2, 0.25) is 0 Å². The number of ketones is 1. The second-order valence-corrected chi connectivity index (χ2v) is 5.92. The average Bonchev–Trinajstić information content (AvgIpc) is 2.52. The molecule has 0 aromatic heterocycles. The van der Waals surface area contributed by atoms with Crippen molar-refractivity contribution >= 4 is 11.8 Å². The molecular weight excluding hydrogens is 276 g/mol. The highest BCUT2D eigenvalue weighted by Gasteiger charge is 1.99. The van der Waals surface area contributed by atoms with Gasteiger partial charge in [-0.05, 0) is 31.8 Å². The zero-order valence-corrected chi connectivity index (χ0v) is 14.6. The normalized spacial score (nSPS) is 11.0. The Morgan fingerprint density at radius 1 is 0.818 bits per heavy atom. The van der Waals surface area contributed by atoms with Crippen molar-refractivity contribution in [2.24, 2.45) is 0 Å². The van der Waals surface area contributed by atoms with Crippen LogP contribution in [0.4, 0.5) is 0 Å². The molecule has 3 nitrogen and oxygen atoms in total. The van der Waals surface area contributed by atoms with Gasteiger partial charge in [-0.3, -0.25) is 9.59 Å².